The van der Waals surface area contributed by atoms with Gasteiger partial charge in [-0.1, -0.05) is 30.3 Å². The number of hydrogen-bond donors (Lipinski definition) is 2. The summed E-state index contributed by atoms with van der Waals surface area (Å²) >= 11 is 0. The summed E-state index contributed by atoms with van der Waals surface area (Å²) in [4.78, 5) is 31.9. The number of imidazole rings is 1. The van der Waals surface area contributed by atoms with Crippen molar-refractivity contribution in [3.8, 4) is 28.2 Å². The van der Waals surface area contributed by atoms with E-state index in [-0.39, 0.29) is 5.91 Å². The molecule has 5 rings (SSSR count). The lowest BCUT2D eigenvalue weighted by Gasteiger charge is -2.26. The highest BCUT2D eigenvalue weighted by molar-refractivity contribution is 6.03. The monoisotopic (exact) mass is 470 g/mol. The van der Waals surface area contributed by atoms with E-state index in [0.29, 0.717) is 56.1 Å². The molecule has 1 fully saturated rings. The van der Waals surface area contributed by atoms with Gasteiger partial charge in [-0.15, -0.1) is 0 Å². The van der Waals surface area contributed by atoms with Crippen LogP contribution < -0.4 is 5.73 Å². The number of carbonyl (C=O) groups excluding carboxylic acids is 2. The highest BCUT2D eigenvalue weighted by Crippen LogP contribution is 2.35. The Kier molecular flexibility index (Phi) is 6.40. The molecule has 4 aromatic rings. The number of ether oxygens (including phenoxy) is 1. The van der Waals surface area contributed by atoms with Crippen molar-refractivity contribution < 1.29 is 14.3 Å². The summed E-state index contributed by atoms with van der Waals surface area (Å²) in [5.41, 5.74) is 10.0. The van der Waals surface area contributed by atoms with Crippen LogP contribution in [0.2, 0.25) is 0 Å². The van der Waals surface area contributed by atoms with Gasteiger partial charge in [0.05, 0.1) is 30.7 Å². The van der Waals surface area contributed by atoms with Gasteiger partial charge in [0.1, 0.15) is 5.82 Å². The van der Waals surface area contributed by atoms with E-state index in [1.807, 2.05) is 52.1 Å². The van der Waals surface area contributed by atoms with Gasteiger partial charge in [0.25, 0.3) is 0 Å². The van der Waals surface area contributed by atoms with Crippen molar-refractivity contribution in [3.05, 3.63) is 78.4 Å². The van der Waals surface area contributed by atoms with Crippen LogP contribution >= 0.6 is 0 Å². The molecule has 2 aromatic carbocycles. The molecule has 9 nitrogen and oxygen atoms in total. The molecule has 0 unspecified atom stereocenters. The summed E-state index contributed by atoms with van der Waals surface area (Å²) in [5.74, 6) is 0.119. The zero-order chi connectivity index (χ0) is 24.2. The lowest BCUT2D eigenvalue weighted by molar-refractivity contribution is -0.135. The predicted molar refractivity (Wildman–Crippen MR) is 131 cm³/mol. The Morgan fingerprint density at radius 3 is 2.57 bits per heavy atom. The molecule has 0 radical (unpaired) electrons. The number of rotatable bonds is 7. The first-order chi connectivity index (χ1) is 17.1. The van der Waals surface area contributed by atoms with Gasteiger partial charge in [0, 0.05) is 48.7 Å². The number of aromatic amines is 1. The normalized spacial score (nSPS) is 13.7. The Labute approximate surface area is 202 Å². The number of nitrogens with zero attached hydrogens (tertiary/aromatic N) is 4. The molecular formula is C26H26N6O3. The fraction of sp³-hybridized carbons (Fsp3) is 0.231. The Balaban J connectivity index is 1.58. The number of aromatic nitrogens is 4. The highest BCUT2D eigenvalue weighted by atomic mass is 16.5. The van der Waals surface area contributed by atoms with E-state index >= 15 is 0 Å². The molecule has 0 aliphatic carbocycles. The lowest BCUT2D eigenvalue weighted by atomic mass is 9.96. The van der Waals surface area contributed by atoms with Gasteiger partial charge in [0.15, 0.2) is 0 Å². The second-order valence-electron chi connectivity index (χ2n) is 8.33. The molecule has 2 aromatic heterocycles. The zero-order valence-corrected chi connectivity index (χ0v) is 19.2. The molecule has 1 aliphatic rings. The third-order valence-electron chi connectivity index (χ3n) is 6.11. The van der Waals surface area contributed by atoms with E-state index in [9.17, 15) is 9.59 Å². The van der Waals surface area contributed by atoms with Crippen LogP contribution in [0, 0.1) is 0 Å². The van der Waals surface area contributed by atoms with Crippen molar-refractivity contribution in [1.29, 1.82) is 0 Å². The van der Waals surface area contributed by atoms with E-state index in [2.05, 4.69) is 10.2 Å². The molecule has 1 saturated heterocycles. The second kappa shape index (κ2) is 9.94. The summed E-state index contributed by atoms with van der Waals surface area (Å²) in [6, 6.07) is 15.2. The molecule has 1 aliphatic heterocycles. The first-order valence-corrected chi connectivity index (χ1v) is 11.5. The molecule has 3 N–H and O–H groups in total. The van der Waals surface area contributed by atoms with Crippen LogP contribution in [0.3, 0.4) is 0 Å². The molecule has 178 valence electrons. The fourth-order valence-electron chi connectivity index (χ4n) is 4.35. The highest BCUT2D eigenvalue weighted by Gasteiger charge is 2.23. The van der Waals surface area contributed by atoms with E-state index in [1.165, 1.54) is 0 Å². The summed E-state index contributed by atoms with van der Waals surface area (Å²) in [6.45, 7) is 2.36. The topological polar surface area (TPSA) is 119 Å². The van der Waals surface area contributed by atoms with E-state index in [0.717, 1.165) is 22.5 Å². The van der Waals surface area contributed by atoms with Gasteiger partial charge in [-0.05, 0) is 30.2 Å². The van der Waals surface area contributed by atoms with E-state index < -0.39 is 5.91 Å². The van der Waals surface area contributed by atoms with Crippen molar-refractivity contribution in [2.24, 2.45) is 5.73 Å². The van der Waals surface area contributed by atoms with Crippen LogP contribution in [0.25, 0.3) is 28.2 Å². The number of carbonyl (C=O) groups is 2. The van der Waals surface area contributed by atoms with E-state index in [4.69, 9.17) is 15.5 Å². The molecular weight excluding hydrogens is 444 g/mol. The number of morpholine rings is 1. The Bertz CT molecular complexity index is 1320. The minimum Gasteiger partial charge on any atom is -0.378 e. The average molecular weight is 471 g/mol. The third kappa shape index (κ3) is 4.71. The number of H-pyrrole nitrogens is 1. The first-order valence-electron chi connectivity index (χ1n) is 11.5. The number of para-hydroxylation sites is 1. The van der Waals surface area contributed by atoms with Crippen molar-refractivity contribution >= 4 is 11.8 Å². The number of nitrogens with one attached hydrogen (secondary N) is 1. The Hall–Kier alpha value is -4.24. The van der Waals surface area contributed by atoms with Gasteiger partial charge < -0.3 is 15.4 Å². The van der Waals surface area contributed by atoms with Crippen molar-refractivity contribution in [2.75, 3.05) is 26.3 Å². The van der Waals surface area contributed by atoms with Crippen LogP contribution in [-0.4, -0.2) is 62.8 Å². The molecule has 0 bridgehead atoms. The van der Waals surface area contributed by atoms with Crippen molar-refractivity contribution in [3.63, 3.8) is 0 Å². The maximum atomic E-state index is 12.7. The number of benzene rings is 2. The molecule has 3 heterocycles. The van der Waals surface area contributed by atoms with Crippen LogP contribution in [0.4, 0.5) is 0 Å². The minimum absolute atomic E-state index is 0.0840. The van der Waals surface area contributed by atoms with Crippen molar-refractivity contribution in [2.45, 2.75) is 12.8 Å². The Morgan fingerprint density at radius 1 is 1.06 bits per heavy atom. The summed E-state index contributed by atoms with van der Waals surface area (Å²) in [5, 5.41) is 6.89. The van der Waals surface area contributed by atoms with E-state index in [1.54, 1.807) is 24.5 Å². The fourth-order valence-corrected chi connectivity index (χ4v) is 4.35. The van der Waals surface area contributed by atoms with Gasteiger partial charge >= 0.3 is 0 Å². The maximum Gasteiger partial charge on any atom is 0.249 e. The summed E-state index contributed by atoms with van der Waals surface area (Å²) in [6.07, 6.45) is 6.21. The summed E-state index contributed by atoms with van der Waals surface area (Å²) < 4.78 is 7.29. The van der Waals surface area contributed by atoms with Crippen LogP contribution in [0.5, 0.6) is 0 Å². The summed E-state index contributed by atoms with van der Waals surface area (Å²) in [7, 11) is 0. The average Bonchev–Trinajstić information content (AvgIpc) is 3.58. The standard InChI is InChI=1S/C26H26N6O3/c27-25(34)22-8-4-7-21(18-15-28-29-16-18)24(22)26-30-19(17-32(26)20-5-2-1-3-6-20)9-10-23(33)31-11-13-35-14-12-31/h1-8,15-17H,9-14H2,(H2,27,34)(H,28,29). The lowest BCUT2D eigenvalue weighted by Crippen LogP contribution is -2.40. The Morgan fingerprint density at radius 2 is 1.86 bits per heavy atom. The molecule has 2 amide bonds. The molecule has 35 heavy (non-hydrogen) atoms. The quantitative estimate of drug-likeness (QED) is 0.431. The zero-order valence-electron chi connectivity index (χ0n) is 19.2. The van der Waals surface area contributed by atoms with Crippen molar-refractivity contribution in [1.82, 2.24) is 24.6 Å². The largest absolute Gasteiger partial charge is 0.378 e. The number of nitrogens with two attached hydrogens (primary N) is 1. The molecule has 0 spiro atoms. The maximum absolute atomic E-state index is 12.7. The van der Waals surface area contributed by atoms with Gasteiger partial charge in [0.2, 0.25) is 11.8 Å². The first kappa shape index (κ1) is 22.5. The molecule has 0 atom stereocenters. The van der Waals surface area contributed by atoms with Crippen LogP contribution in [-0.2, 0) is 16.0 Å². The minimum atomic E-state index is -0.544. The number of primary amides is 1. The number of hydrogen-bond acceptors (Lipinski definition) is 5. The predicted octanol–water partition coefficient (Wildman–Crippen LogP) is 2.82. The van der Waals surface area contributed by atoms with Crippen LogP contribution in [0.15, 0.2) is 67.1 Å². The SMILES string of the molecule is NC(=O)c1cccc(-c2cn[nH]c2)c1-c1nc(CCC(=O)N2CCOCC2)cn1-c1ccccc1. The smallest absolute Gasteiger partial charge is 0.249 e. The van der Waals surface area contributed by atoms with Gasteiger partial charge in [-0.2, -0.15) is 5.10 Å². The van der Waals surface area contributed by atoms with Gasteiger partial charge in [-0.3, -0.25) is 19.3 Å². The van der Waals surface area contributed by atoms with Crippen LogP contribution in [0.1, 0.15) is 22.5 Å². The number of amides is 2. The molecule has 9 heteroatoms. The number of aryl methyl sites for hydroxylation is 1. The van der Waals surface area contributed by atoms with Gasteiger partial charge in [-0.25, -0.2) is 4.98 Å². The third-order valence-corrected chi connectivity index (χ3v) is 6.11. The second-order valence-corrected chi connectivity index (χ2v) is 8.33. The molecule has 0 saturated carbocycles.